The Bertz CT molecular complexity index is 700. The molecular formula is C19H25N3O2S. The molecule has 2 aromatic carbocycles. The lowest BCUT2D eigenvalue weighted by Crippen LogP contribution is -2.22. The van der Waals surface area contributed by atoms with Crippen LogP contribution in [0.25, 0.3) is 0 Å². The van der Waals surface area contributed by atoms with Crippen molar-refractivity contribution < 1.29 is 9.47 Å². The maximum Gasteiger partial charge on any atom is 0.175 e. The molecule has 0 aliphatic rings. The van der Waals surface area contributed by atoms with Crippen LogP contribution in [0.5, 0.6) is 11.5 Å². The summed E-state index contributed by atoms with van der Waals surface area (Å²) in [5.41, 5.74) is 2.97. The summed E-state index contributed by atoms with van der Waals surface area (Å²) in [5, 5.41) is 6.86. The fourth-order valence-electron chi connectivity index (χ4n) is 2.55. The Labute approximate surface area is 154 Å². The van der Waals surface area contributed by atoms with Gasteiger partial charge in [0.15, 0.2) is 16.6 Å². The number of anilines is 3. The average Bonchev–Trinajstić information content (AvgIpc) is 2.64. The summed E-state index contributed by atoms with van der Waals surface area (Å²) in [7, 11) is 3.22. The topological polar surface area (TPSA) is 45.8 Å². The Morgan fingerprint density at radius 1 is 0.880 bits per heavy atom. The van der Waals surface area contributed by atoms with Crippen molar-refractivity contribution >= 4 is 34.4 Å². The van der Waals surface area contributed by atoms with Crippen molar-refractivity contribution in [2.45, 2.75) is 13.8 Å². The summed E-state index contributed by atoms with van der Waals surface area (Å²) in [6.45, 7) is 6.28. The van der Waals surface area contributed by atoms with E-state index in [2.05, 4.69) is 41.5 Å². The highest BCUT2D eigenvalue weighted by molar-refractivity contribution is 7.80. The molecule has 0 bridgehead atoms. The van der Waals surface area contributed by atoms with Gasteiger partial charge in [0.25, 0.3) is 0 Å². The van der Waals surface area contributed by atoms with Gasteiger partial charge in [-0.2, -0.15) is 0 Å². The Balaban J connectivity index is 2.00. The molecule has 0 amide bonds. The number of thiocarbonyl (C=S) groups is 1. The molecule has 25 heavy (non-hydrogen) atoms. The van der Waals surface area contributed by atoms with E-state index in [1.165, 1.54) is 5.69 Å². The highest BCUT2D eigenvalue weighted by atomic mass is 32.1. The number of methoxy groups -OCH3 is 2. The molecular weight excluding hydrogens is 334 g/mol. The second-order valence-corrected chi connectivity index (χ2v) is 5.78. The van der Waals surface area contributed by atoms with Crippen LogP contribution in [0.4, 0.5) is 17.1 Å². The maximum atomic E-state index is 5.38. The molecule has 0 spiro atoms. The molecule has 0 saturated carbocycles. The van der Waals surface area contributed by atoms with E-state index in [-0.39, 0.29) is 0 Å². The number of hydrogen-bond donors (Lipinski definition) is 2. The van der Waals surface area contributed by atoms with Crippen molar-refractivity contribution in [1.29, 1.82) is 0 Å². The summed E-state index contributed by atoms with van der Waals surface area (Å²) in [5.74, 6) is 1.33. The van der Waals surface area contributed by atoms with Crippen molar-refractivity contribution in [2.75, 3.05) is 42.8 Å². The first-order valence-electron chi connectivity index (χ1n) is 8.26. The van der Waals surface area contributed by atoms with Gasteiger partial charge in [-0.3, -0.25) is 0 Å². The van der Waals surface area contributed by atoms with Gasteiger partial charge in [0.05, 0.1) is 14.2 Å². The van der Waals surface area contributed by atoms with Crippen molar-refractivity contribution in [3.63, 3.8) is 0 Å². The molecule has 5 nitrogen and oxygen atoms in total. The third-order valence-corrected chi connectivity index (χ3v) is 4.10. The van der Waals surface area contributed by atoms with Gasteiger partial charge in [0.1, 0.15) is 0 Å². The Kier molecular flexibility index (Phi) is 6.89. The lowest BCUT2D eigenvalue weighted by Gasteiger charge is -2.21. The minimum atomic E-state index is 0.516. The lowest BCUT2D eigenvalue weighted by molar-refractivity contribution is 0.355. The molecule has 0 heterocycles. The largest absolute Gasteiger partial charge is 0.493 e. The van der Waals surface area contributed by atoms with E-state index in [4.69, 9.17) is 21.7 Å². The molecule has 6 heteroatoms. The van der Waals surface area contributed by atoms with Crippen molar-refractivity contribution in [2.24, 2.45) is 0 Å². The number of benzene rings is 2. The van der Waals surface area contributed by atoms with Crippen LogP contribution in [0, 0.1) is 0 Å². The fourth-order valence-corrected chi connectivity index (χ4v) is 2.79. The first-order chi connectivity index (χ1) is 12.1. The number of hydrogen-bond acceptors (Lipinski definition) is 4. The van der Waals surface area contributed by atoms with Crippen LogP contribution in [-0.2, 0) is 0 Å². The summed E-state index contributed by atoms with van der Waals surface area (Å²) in [4.78, 5) is 2.30. The smallest absolute Gasteiger partial charge is 0.175 e. The second-order valence-electron chi connectivity index (χ2n) is 5.37. The first kappa shape index (κ1) is 18.9. The minimum absolute atomic E-state index is 0.516. The quantitative estimate of drug-likeness (QED) is 0.716. The summed E-state index contributed by atoms with van der Waals surface area (Å²) in [6, 6.07) is 13.8. The zero-order valence-electron chi connectivity index (χ0n) is 15.1. The van der Waals surface area contributed by atoms with E-state index < -0.39 is 0 Å². The van der Waals surface area contributed by atoms with Crippen LogP contribution >= 0.6 is 12.2 Å². The summed E-state index contributed by atoms with van der Waals surface area (Å²) in [6.07, 6.45) is 0. The van der Waals surface area contributed by atoms with Gasteiger partial charge in [0.2, 0.25) is 0 Å². The molecule has 2 N–H and O–H groups in total. The molecule has 0 fully saturated rings. The molecule has 0 unspecified atom stereocenters. The predicted octanol–water partition coefficient (Wildman–Crippen LogP) is 4.36. The van der Waals surface area contributed by atoms with Crippen molar-refractivity contribution in [3.05, 3.63) is 42.5 Å². The number of ether oxygens (including phenoxy) is 2. The second kappa shape index (κ2) is 9.13. The Hall–Kier alpha value is -2.47. The molecule has 2 aromatic rings. The summed E-state index contributed by atoms with van der Waals surface area (Å²) < 4.78 is 10.5. The highest BCUT2D eigenvalue weighted by Gasteiger charge is 2.06. The van der Waals surface area contributed by atoms with Gasteiger partial charge in [-0.05, 0) is 62.5 Å². The van der Waals surface area contributed by atoms with Crippen molar-refractivity contribution in [3.8, 4) is 11.5 Å². The van der Waals surface area contributed by atoms with Crippen molar-refractivity contribution in [1.82, 2.24) is 0 Å². The van der Waals surface area contributed by atoms with Crippen LogP contribution < -0.4 is 25.0 Å². The molecule has 0 aliphatic heterocycles. The lowest BCUT2D eigenvalue weighted by atomic mass is 10.2. The van der Waals surface area contributed by atoms with E-state index in [1.54, 1.807) is 14.2 Å². The Morgan fingerprint density at radius 3 is 2.00 bits per heavy atom. The monoisotopic (exact) mass is 359 g/mol. The van der Waals surface area contributed by atoms with Crippen LogP contribution in [0.2, 0.25) is 0 Å². The molecule has 0 aromatic heterocycles. The van der Waals surface area contributed by atoms with Gasteiger partial charge in [-0.25, -0.2) is 0 Å². The Morgan fingerprint density at radius 2 is 1.44 bits per heavy atom. The SMILES string of the molecule is CCN(CC)c1ccc(NC(=S)Nc2ccc(OC)c(OC)c2)cc1. The average molecular weight is 359 g/mol. The maximum absolute atomic E-state index is 5.38. The minimum Gasteiger partial charge on any atom is -0.493 e. The molecule has 0 aliphatic carbocycles. The van der Waals surface area contributed by atoms with Crippen LogP contribution in [-0.4, -0.2) is 32.4 Å². The van der Waals surface area contributed by atoms with Gasteiger partial charge in [-0.1, -0.05) is 0 Å². The third kappa shape index (κ3) is 5.00. The predicted molar refractivity (Wildman–Crippen MR) is 109 cm³/mol. The molecule has 0 radical (unpaired) electrons. The van der Waals surface area contributed by atoms with Crippen LogP contribution in [0.1, 0.15) is 13.8 Å². The summed E-state index contributed by atoms with van der Waals surface area (Å²) >= 11 is 5.38. The number of rotatable bonds is 7. The van der Waals surface area contributed by atoms with E-state index in [9.17, 15) is 0 Å². The first-order valence-corrected chi connectivity index (χ1v) is 8.67. The van der Waals surface area contributed by atoms with E-state index in [0.29, 0.717) is 16.6 Å². The van der Waals surface area contributed by atoms with Gasteiger partial charge in [0, 0.05) is 36.2 Å². The number of nitrogens with one attached hydrogen (secondary N) is 2. The highest BCUT2D eigenvalue weighted by Crippen LogP contribution is 2.29. The molecule has 0 atom stereocenters. The molecule has 134 valence electrons. The fraction of sp³-hybridized carbons (Fsp3) is 0.316. The van der Waals surface area contributed by atoms with Crippen LogP contribution in [0.15, 0.2) is 42.5 Å². The standard InChI is InChI=1S/C19H25N3O2S/c1-5-22(6-2)16-10-7-14(8-11-16)20-19(25)21-15-9-12-17(23-3)18(13-15)24-4/h7-13H,5-6H2,1-4H3,(H2,20,21,25). The zero-order valence-corrected chi connectivity index (χ0v) is 15.9. The van der Waals surface area contributed by atoms with Gasteiger partial charge < -0.3 is 25.0 Å². The number of nitrogens with zero attached hydrogens (tertiary/aromatic N) is 1. The normalized spacial score (nSPS) is 10.1. The third-order valence-electron chi connectivity index (χ3n) is 3.90. The van der Waals surface area contributed by atoms with Gasteiger partial charge >= 0.3 is 0 Å². The molecule has 0 saturated heterocycles. The van der Waals surface area contributed by atoms with E-state index >= 15 is 0 Å². The van der Waals surface area contributed by atoms with E-state index in [1.807, 2.05) is 30.3 Å². The van der Waals surface area contributed by atoms with E-state index in [0.717, 1.165) is 24.5 Å². The zero-order chi connectivity index (χ0) is 18.2. The van der Waals surface area contributed by atoms with Crippen LogP contribution in [0.3, 0.4) is 0 Å². The molecule has 2 rings (SSSR count). The van der Waals surface area contributed by atoms with Gasteiger partial charge in [-0.15, -0.1) is 0 Å².